The Kier molecular flexibility index (Phi) is 9.48. The van der Waals surface area contributed by atoms with E-state index in [2.05, 4.69) is 29.4 Å². The lowest BCUT2D eigenvalue weighted by atomic mass is 10.2. The average Bonchev–Trinajstić information content (AvgIpc) is 2.85. The summed E-state index contributed by atoms with van der Waals surface area (Å²) < 4.78 is 15.8. The largest absolute Gasteiger partial charge is 0.469 e. The third-order valence-corrected chi connectivity index (χ3v) is 3.20. The van der Waals surface area contributed by atoms with Gasteiger partial charge in [0.15, 0.2) is 0 Å². The minimum Gasteiger partial charge on any atom is -0.469 e. The second-order valence-electron chi connectivity index (χ2n) is 4.79. The van der Waals surface area contributed by atoms with Crippen LogP contribution in [0.25, 0.3) is 0 Å². The van der Waals surface area contributed by atoms with Crippen molar-refractivity contribution < 1.29 is 14.2 Å². The Hall–Kier alpha value is -0.760. The van der Waals surface area contributed by atoms with Gasteiger partial charge in [-0.15, -0.1) is 10.2 Å². The van der Waals surface area contributed by atoms with Crippen molar-refractivity contribution in [3.05, 3.63) is 5.01 Å². The predicted octanol–water partition coefficient (Wildman–Crippen LogP) is 1.72. The molecule has 0 aliphatic carbocycles. The fourth-order valence-electron chi connectivity index (χ4n) is 1.40. The number of nitrogens with one attached hydrogen (secondary N) is 1. The van der Waals surface area contributed by atoms with Gasteiger partial charge in [0.1, 0.15) is 5.01 Å². The minimum absolute atomic E-state index is 0.598. The van der Waals surface area contributed by atoms with Crippen LogP contribution in [0.2, 0.25) is 0 Å². The van der Waals surface area contributed by atoms with Crippen LogP contribution in [0.15, 0.2) is 0 Å². The molecule has 1 heterocycles. The topological polar surface area (TPSA) is 65.5 Å². The van der Waals surface area contributed by atoms with E-state index in [1.165, 1.54) is 11.3 Å². The van der Waals surface area contributed by atoms with E-state index >= 15 is 0 Å². The van der Waals surface area contributed by atoms with Crippen molar-refractivity contribution >= 4 is 11.3 Å². The fraction of sp³-hybridized carbons (Fsp3) is 0.846. The van der Waals surface area contributed by atoms with Gasteiger partial charge in [-0.05, 0) is 12.5 Å². The lowest BCUT2D eigenvalue weighted by Crippen LogP contribution is -2.18. The number of aromatic nitrogens is 2. The first kappa shape index (κ1) is 17.3. The van der Waals surface area contributed by atoms with Gasteiger partial charge < -0.3 is 19.5 Å². The predicted molar refractivity (Wildman–Crippen MR) is 79.3 cm³/mol. The summed E-state index contributed by atoms with van der Waals surface area (Å²) in [5, 5.41) is 13.0. The summed E-state index contributed by atoms with van der Waals surface area (Å²) in [5.41, 5.74) is 0. The van der Waals surface area contributed by atoms with E-state index in [9.17, 15) is 0 Å². The summed E-state index contributed by atoms with van der Waals surface area (Å²) in [7, 11) is 1.66. The Morgan fingerprint density at radius 1 is 1.15 bits per heavy atom. The number of rotatable bonds is 12. The summed E-state index contributed by atoms with van der Waals surface area (Å²) in [6.07, 6.45) is 0.838. The SMILES string of the molecule is COCCOCCCOc1nnc(CNCC(C)C)s1. The molecule has 6 nitrogen and oxygen atoms in total. The first-order chi connectivity index (χ1) is 9.72. The maximum atomic E-state index is 5.53. The molecule has 0 radical (unpaired) electrons. The quantitative estimate of drug-likeness (QED) is 0.593. The van der Waals surface area contributed by atoms with E-state index in [1.54, 1.807) is 7.11 Å². The third kappa shape index (κ3) is 8.42. The molecule has 1 rings (SSSR count). The van der Waals surface area contributed by atoms with Gasteiger partial charge in [-0.1, -0.05) is 25.2 Å². The molecule has 0 bridgehead atoms. The standard InChI is InChI=1S/C13H25N3O3S/c1-11(2)9-14-10-12-15-16-13(20-12)19-6-4-5-18-8-7-17-3/h11,14H,4-10H2,1-3H3. The van der Waals surface area contributed by atoms with Gasteiger partial charge in [0, 0.05) is 26.7 Å². The third-order valence-electron chi connectivity index (χ3n) is 2.37. The highest BCUT2D eigenvalue weighted by Crippen LogP contribution is 2.17. The average molecular weight is 303 g/mol. The normalized spacial score (nSPS) is 11.2. The number of ether oxygens (including phenoxy) is 3. The van der Waals surface area contributed by atoms with E-state index in [-0.39, 0.29) is 0 Å². The molecule has 0 atom stereocenters. The Balaban J connectivity index is 2.05. The molecule has 1 aromatic heterocycles. The van der Waals surface area contributed by atoms with Crippen LogP contribution in [0.5, 0.6) is 5.19 Å². The highest BCUT2D eigenvalue weighted by molar-refractivity contribution is 7.13. The monoisotopic (exact) mass is 303 g/mol. The van der Waals surface area contributed by atoms with E-state index in [1.807, 2.05) is 0 Å². The van der Waals surface area contributed by atoms with Crippen LogP contribution < -0.4 is 10.1 Å². The molecule has 20 heavy (non-hydrogen) atoms. The molecular weight excluding hydrogens is 278 g/mol. The lowest BCUT2D eigenvalue weighted by Gasteiger charge is -2.04. The smallest absolute Gasteiger partial charge is 0.294 e. The van der Waals surface area contributed by atoms with Gasteiger partial charge in [0.25, 0.3) is 5.19 Å². The van der Waals surface area contributed by atoms with Gasteiger partial charge in [-0.3, -0.25) is 0 Å². The van der Waals surface area contributed by atoms with E-state index in [0.29, 0.717) is 37.5 Å². The fourth-order valence-corrected chi connectivity index (χ4v) is 2.08. The van der Waals surface area contributed by atoms with Crippen LogP contribution >= 0.6 is 11.3 Å². The minimum atomic E-state index is 0.598. The Morgan fingerprint density at radius 2 is 2.00 bits per heavy atom. The Bertz CT molecular complexity index is 347. The first-order valence-corrected chi connectivity index (χ1v) is 7.76. The molecule has 0 aromatic carbocycles. The Labute approximate surface area is 124 Å². The maximum absolute atomic E-state index is 5.53. The van der Waals surface area contributed by atoms with Crippen molar-refractivity contribution in [3.8, 4) is 5.19 Å². The zero-order valence-corrected chi connectivity index (χ0v) is 13.4. The molecule has 1 aromatic rings. The number of methoxy groups -OCH3 is 1. The molecule has 116 valence electrons. The molecule has 0 aliphatic rings. The zero-order chi connectivity index (χ0) is 14.6. The summed E-state index contributed by atoms with van der Waals surface area (Å²) >= 11 is 1.49. The van der Waals surface area contributed by atoms with Gasteiger partial charge in [-0.25, -0.2) is 0 Å². The number of hydrogen-bond acceptors (Lipinski definition) is 7. The molecular formula is C13H25N3O3S. The van der Waals surface area contributed by atoms with E-state index < -0.39 is 0 Å². The van der Waals surface area contributed by atoms with Crippen molar-refractivity contribution in [2.45, 2.75) is 26.8 Å². The van der Waals surface area contributed by atoms with Crippen molar-refractivity contribution in [2.75, 3.05) is 40.1 Å². The van der Waals surface area contributed by atoms with Gasteiger partial charge in [0.05, 0.1) is 19.8 Å². The summed E-state index contributed by atoms with van der Waals surface area (Å²) in [6.45, 7) is 8.61. The van der Waals surface area contributed by atoms with Crippen LogP contribution in [0.4, 0.5) is 0 Å². The molecule has 0 saturated heterocycles. The van der Waals surface area contributed by atoms with Crippen molar-refractivity contribution in [1.29, 1.82) is 0 Å². The Morgan fingerprint density at radius 3 is 2.75 bits per heavy atom. The molecule has 1 N–H and O–H groups in total. The van der Waals surface area contributed by atoms with Crippen LogP contribution in [-0.4, -0.2) is 50.3 Å². The highest BCUT2D eigenvalue weighted by Gasteiger charge is 2.05. The second kappa shape index (κ2) is 11.0. The van der Waals surface area contributed by atoms with Crippen LogP contribution in [0.1, 0.15) is 25.3 Å². The zero-order valence-electron chi connectivity index (χ0n) is 12.6. The first-order valence-electron chi connectivity index (χ1n) is 6.95. The second-order valence-corrected chi connectivity index (χ2v) is 5.82. The molecule has 0 saturated carbocycles. The van der Waals surface area contributed by atoms with Crippen molar-refractivity contribution in [2.24, 2.45) is 5.92 Å². The molecule has 0 unspecified atom stereocenters. The summed E-state index contributed by atoms with van der Waals surface area (Å²) in [5.74, 6) is 0.636. The molecule has 7 heteroatoms. The van der Waals surface area contributed by atoms with E-state index in [0.717, 1.165) is 24.5 Å². The van der Waals surface area contributed by atoms with Crippen LogP contribution in [0, 0.1) is 5.92 Å². The maximum Gasteiger partial charge on any atom is 0.294 e. The van der Waals surface area contributed by atoms with Crippen LogP contribution in [0.3, 0.4) is 0 Å². The summed E-state index contributed by atoms with van der Waals surface area (Å²) in [6, 6.07) is 0. The van der Waals surface area contributed by atoms with Gasteiger partial charge in [-0.2, -0.15) is 0 Å². The lowest BCUT2D eigenvalue weighted by molar-refractivity contribution is 0.0644. The highest BCUT2D eigenvalue weighted by atomic mass is 32.1. The molecule has 0 amide bonds. The molecule has 0 fully saturated rings. The van der Waals surface area contributed by atoms with Crippen molar-refractivity contribution in [1.82, 2.24) is 15.5 Å². The number of nitrogens with zero attached hydrogens (tertiary/aromatic N) is 2. The van der Waals surface area contributed by atoms with Crippen molar-refractivity contribution in [3.63, 3.8) is 0 Å². The molecule has 0 aliphatic heterocycles. The van der Waals surface area contributed by atoms with E-state index in [4.69, 9.17) is 14.2 Å². The van der Waals surface area contributed by atoms with Gasteiger partial charge in [0.2, 0.25) is 0 Å². The van der Waals surface area contributed by atoms with Gasteiger partial charge >= 0.3 is 0 Å². The molecule has 0 spiro atoms. The van der Waals surface area contributed by atoms with Crippen LogP contribution in [-0.2, 0) is 16.0 Å². The number of hydrogen-bond donors (Lipinski definition) is 1. The summed E-state index contributed by atoms with van der Waals surface area (Å²) in [4.78, 5) is 0.